The van der Waals surface area contributed by atoms with E-state index in [0.29, 0.717) is 11.7 Å². The summed E-state index contributed by atoms with van der Waals surface area (Å²) in [6, 6.07) is 3.89. The van der Waals surface area contributed by atoms with Crippen LogP contribution in [0.4, 0.5) is 5.82 Å². The molecule has 0 saturated heterocycles. The molecule has 0 spiro atoms. The molecule has 0 bridgehead atoms. The number of ether oxygens (including phenoxy) is 1. The van der Waals surface area contributed by atoms with E-state index in [4.69, 9.17) is 10.5 Å². The Kier molecular flexibility index (Phi) is 4.31. The predicted molar refractivity (Wildman–Crippen MR) is 79.2 cm³/mol. The van der Waals surface area contributed by atoms with Gasteiger partial charge in [0.05, 0.1) is 5.92 Å². The molecule has 2 N–H and O–H groups in total. The third kappa shape index (κ3) is 3.95. The zero-order chi connectivity index (χ0) is 14.8. The Morgan fingerprint density at radius 2 is 1.90 bits per heavy atom. The lowest BCUT2D eigenvalue weighted by molar-refractivity contribution is -0.161. The van der Waals surface area contributed by atoms with Gasteiger partial charge in [-0.15, -0.1) is 0 Å². The second kappa shape index (κ2) is 5.81. The first-order valence-corrected chi connectivity index (χ1v) is 7.29. The summed E-state index contributed by atoms with van der Waals surface area (Å²) in [7, 11) is 0. The Morgan fingerprint density at radius 3 is 2.40 bits per heavy atom. The number of nitrogen functional groups attached to an aromatic ring is 1. The zero-order valence-electron chi connectivity index (χ0n) is 12.6. The molecule has 1 saturated carbocycles. The van der Waals surface area contributed by atoms with Gasteiger partial charge in [-0.1, -0.05) is 6.07 Å². The van der Waals surface area contributed by atoms with E-state index in [1.807, 2.05) is 39.1 Å². The van der Waals surface area contributed by atoms with Crippen LogP contribution in [-0.4, -0.2) is 16.6 Å². The van der Waals surface area contributed by atoms with Crippen LogP contribution in [-0.2, 0) is 9.53 Å². The smallest absolute Gasteiger partial charge is 0.309 e. The number of carbonyl (C=O) groups excluding carboxylic acids is 1. The number of esters is 1. The summed E-state index contributed by atoms with van der Waals surface area (Å²) in [6.45, 7) is 5.74. The van der Waals surface area contributed by atoms with Gasteiger partial charge in [0.2, 0.25) is 0 Å². The number of rotatable bonds is 2. The molecule has 20 heavy (non-hydrogen) atoms. The van der Waals surface area contributed by atoms with Crippen molar-refractivity contribution in [3.8, 4) is 0 Å². The molecule has 1 heterocycles. The molecule has 1 aromatic rings. The molecule has 1 fully saturated rings. The Hall–Kier alpha value is -1.58. The molecular weight excluding hydrogens is 252 g/mol. The van der Waals surface area contributed by atoms with E-state index in [0.717, 1.165) is 25.7 Å². The fourth-order valence-electron chi connectivity index (χ4n) is 2.71. The van der Waals surface area contributed by atoms with E-state index >= 15 is 0 Å². The molecule has 0 aromatic carbocycles. The SMILES string of the molecule is CC(C)(C)OC(=O)C1CCC(c2ccc(N)nc2)CC1. The Balaban J connectivity index is 1.89. The highest BCUT2D eigenvalue weighted by molar-refractivity contribution is 5.73. The molecule has 4 heteroatoms. The first-order valence-electron chi connectivity index (χ1n) is 7.29. The van der Waals surface area contributed by atoms with Crippen LogP contribution in [0.2, 0.25) is 0 Å². The first-order chi connectivity index (χ1) is 9.35. The molecule has 0 aliphatic heterocycles. The van der Waals surface area contributed by atoms with Crippen LogP contribution in [0.5, 0.6) is 0 Å². The molecule has 4 nitrogen and oxygen atoms in total. The first kappa shape index (κ1) is 14.8. The lowest BCUT2D eigenvalue weighted by Gasteiger charge is -2.29. The van der Waals surface area contributed by atoms with Gasteiger partial charge in [-0.05, 0) is 64.0 Å². The topological polar surface area (TPSA) is 65.2 Å². The predicted octanol–water partition coefficient (Wildman–Crippen LogP) is 3.28. The third-order valence-corrected chi connectivity index (χ3v) is 3.75. The number of carbonyl (C=O) groups is 1. The summed E-state index contributed by atoms with van der Waals surface area (Å²) in [5.74, 6) is 1.04. The molecule has 1 aliphatic rings. The summed E-state index contributed by atoms with van der Waals surface area (Å²) < 4.78 is 5.47. The van der Waals surface area contributed by atoms with Gasteiger partial charge < -0.3 is 10.5 Å². The van der Waals surface area contributed by atoms with E-state index in [-0.39, 0.29) is 11.9 Å². The van der Waals surface area contributed by atoms with Crippen LogP contribution in [0, 0.1) is 5.92 Å². The summed E-state index contributed by atoms with van der Waals surface area (Å²) in [5.41, 5.74) is 6.43. The van der Waals surface area contributed by atoms with E-state index in [1.54, 1.807) is 0 Å². The zero-order valence-corrected chi connectivity index (χ0v) is 12.6. The van der Waals surface area contributed by atoms with E-state index < -0.39 is 5.60 Å². The summed E-state index contributed by atoms with van der Waals surface area (Å²) >= 11 is 0. The average Bonchev–Trinajstić information content (AvgIpc) is 2.38. The van der Waals surface area contributed by atoms with Crippen molar-refractivity contribution < 1.29 is 9.53 Å². The van der Waals surface area contributed by atoms with Crippen molar-refractivity contribution in [2.75, 3.05) is 5.73 Å². The van der Waals surface area contributed by atoms with Gasteiger partial charge in [0.15, 0.2) is 0 Å². The van der Waals surface area contributed by atoms with Crippen LogP contribution in [0.15, 0.2) is 18.3 Å². The molecule has 1 aliphatic carbocycles. The van der Waals surface area contributed by atoms with Gasteiger partial charge in [-0.3, -0.25) is 4.79 Å². The Labute approximate surface area is 120 Å². The molecule has 2 rings (SSSR count). The minimum atomic E-state index is -0.394. The molecule has 0 radical (unpaired) electrons. The molecular formula is C16H24N2O2. The highest BCUT2D eigenvalue weighted by Gasteiger charge is 2.30. The van der Waals surface area contributed by atoms with Crippen molar-refractivity contribution >= 4 is 11.8 Å². The van der Waals surface area contributed by atoms with E-state index in [1.165, 1.54) is 5.56 Å². The minimum Gasteiger partial charge on any atom is -0.460 e. The lowest BCUT2D eigenvalue weighted by atomic mass is 9.79. The van der Waals surface area contributed by atoms with Gasteiger partial charge in [0.1, 0.15) is 11.4 Å². The maximum Gasteiger partial charge on any atom is 0.309 e. The van der Waals surface area contributed by atoms with Crippen molar-refractivity contribution in [2.24, 2.45) is 5.92 Å². The fraction of sp³-hybridized carbons (Fsp3) is 0.625. The highest BCUT2D eigenvalue weighted by Crippen LogP contribution is 2.36. The second-order valence-electron chi connectivity index (χ2n) is 6.60. The third-order valence-electron chi connectivity index (χ3n) is 3.75. The number of anilines is 1. The van der Waals surface area contributed by atoms with E-state index in [9.17, 15) is 4.79 Å². The van der Waals surface area contributed by atoms with Crippen molar-refractivity contribution in [3.05, 3.63) is 23.9 Å². The minimum absolute atomic E-state index is 0.0483. The van der Waals surface area contributed by atoms with Gasteiger partial charge in [-0.25, -0.2) is 4.98 Å². The Bertz CT molecular complexity index is 454. The van der Waals surface area contributed by atoms with Crippen LogP contribution in [0.1, 0.15) is 57.9 Å². The normalized spacial score (nSPS) is 23.4. The maximum atomic E-state index is 12.1. The Morgan fingerprint density at radius 1 is 1.25 bits per heavy atom. The number of hydrogen-bond donors (Lipinski definition) is 1. The number of pyridine rings is 1. The molecule has 0 atom stereocenters. The molecule has 0 unspecified atom stereocenters. The van der Waals surface area contributed by atoms with Gasteiger partial charge in [0.25, 0.3) is 0 Å². The second-order valence-corrected chi connectivity index (χ2v) is 6.60. The quantitative estimate of drug-likeness (QED) is 0.842. The maximum absolute atomic E-state index is 12.1. The summed E-state index contributed by atoms with van der Waals surface area (Å²) in [6.07, 6.45) is 5.66. The summed E-state index contributed by atoms with van der Waals surface area (Å²) in [5, 5.41) is 0. The van der Waals surface area contributed by atoms with E-state index in [2.05, 4.69) is 4.98 Å². The number of nitrogens with zero attached hydrogens (tertiary/aromatic N) is 1. The van der Waals surface area contributed by atoms with Crippen molar-refractivity contribution in [1.82, 2.24) is 4.98 Å². The van der Waals surface area contributed by atoms with Crippen molar-refractivity contribution in [3.63, 3.8) is 0 Å². The van der Waals surface area contributed by atoms with Crippen molar-refractivity contribution in [1.29, 1.82) is 0 Å². The average molecular weight is 276 g/mol. The van der Waals surface area contributed by atoms with Gasteiger partial charge in [-0.2, -0.15) is 0 Å². The molecule has 1 aromatic heterocycles. The lowest BCUT2D eigenvalue weighted by Crippen LogP contribution is -2.30. The number of aromatic nitrogens is 1. The van der Waals surface area contributed by atoms with Crippen LogP contribution >= 0.6 is 0 Å². The highest BCUT2D eigenvalue weighted by atomic mass is 16.6. The monoisotopic (exact) mass is 276 g/mol. The largest absolute Gasteiger partial charge is 0.460 e. The summed E-state index contributed by atoms with van der Waals surface area (Å²) in [4.78, 5) is 16.2. The van der Waals surface area contributed by atoms with Gasteiger partial charge in [0, 0.05) is 6.20 Å². The van der Waals surface area contributed by atoms with Crippen molar-refractivity contribution in [2.45, 2.75) is 58.0 Å². The van der Waals surface area contributed by atoms with Crippen LogP contribution < -0.4 is 5.73 Å². The van der Waals surface area contributed by atoms with Crippen LogP contribution in [0.3, 0.4) is 0 Å². The van der Waals surface area contributed by atoms with Crippen LogP contribution in [0.25, 0.3) is 0 Å². The van der Waals surface area contributed by atoms with Gasteiger partial charge >= 0.3 is 5.97 Å². The standard InChI is InChI=1S/C16H24N2O2/c1-16(2,3)20-15(19)12-6-4-11(5-7-12)13-8-9-14(17)18-10-13/h8-12H,4-7H2,1-3H3,(H2,17,18). The fourth-order valence-corrected chi connectivity index (χ4v) is 2.71. The molecule has 110 valence electrons. The number of nitrogens with two attached hydrogens (primary N) is 1. The number of hydrogen-bond acceptors (Lipinski definition) is 4. The molecule has 0 amide bonds.